The number of sulfonamides is 1. The van der Waals surface area contributed by atoms with Gasteiger partial charge in [0, 0.05) is 17.2 Å². The molecule has 0 aliphatic heterocycles. The molecule has 0 fully saturated rings. The Labute approximate surface area is 167 Å². The smallest absolute Gasteiger partial charge is 0.325 e. The normalized spacial score (nSPS) is 12.3. The molecular formula is C16H13BrClF3N2O3S. The second kappa shape index (κ2) is 8.17. The average molecular weight is 486 g/mol. The van der Waals surface area contributed by atoms with Crippen LogP contribution in [0.25, 0.3) is 0 Å². The summed E-state index contributed by atoms with van der Waals surface area (Å²) in [5.74, 6) is -0.798. The van der Waals surface area contributed by atoms with Crippen LogP contribution in [0.3, 0.4) is 0 Å². The fraction of sp³-hybridized carbons (Fsp3) is 0.188. The van der Waals surface area contributed by atoms with Crippen LogP contribution in [-0.4, -0.2) is 32.2 Å². The van der Waals surface area contributed by atoms with Crippen molar-refractivity contribution in [1.82, 2.24) is 4.31 Å². The summed E-state index contributed by atoms with van der Waals surface area (Å²) >= 11 is 8.71. The Morgan fingerprint density at radius 3 is 2.33 bits per heavy atom. The summed E-state index contributed by atoms with van der Waals surface area (Å²) in [6, 6.07) is 8.68. The van der Waals surface area contributed by atoms with Gasteiger partial charge in [0.2, 0.25) is 15.9 Å². The highest BCUT2D eigenvalue weighted by Gasteiger charge is 2.33. The molecule has 146 valence electrons. The molecule has 0 saturated carbocycles. The van der Waals surface area contributed by atoms with Gasteiger partial charge in [0.15, 0.2) is 0 Å². The Hall–Kier alpha value is -1.62. The van der Waals surface area contributed by atoms with Gasteiger partial charge in [-0.25, -0.2) is 8.42 Å². The molecule has 2 aromatic rings. The van der Waals surface area contributed by atoms with Gasteiger partial charge >= 0.3 is 6.18 Å². The molecule has 5 nitrogen and oxygen atoms in total. The standard InChI is InChI=1S/C16H13BrClF3N2O3S/c1-23(27(25,26)12-5-2-10(17)3-6-12)9-15(24)22-11-4-7-14(18)13(8-11)16(19,20)21/h2-8H,9H2,1H3,(H,22,24). The maximum absolute atomic E-state index is 12.9. The summed E-state index contributed by atoms with van der Waals surface area (Å²) in [6.45, 7) is -0.581. The third-order valence-corrected chi connectivity index (χ3v) is 6.12. The number of alkyl halides is 3. The first-order chi connectivity index (χ1) is 12.4. The third-order valence-electron chi connectivity index (χ3n) is 3.44. The number of carbonyl (C=O) groups excluding carboxylic acids is 1. The average Bonchev–Trinajstić information content (AvgIpc) is 2.55. The van der Waals surface area contributed by atoms with E-state index in [1.165, 1.54) is 37.4 Å². The molecule has 1 amide bonds. The number of anilines is 1. The third kappa shape index (κ3) is 5.44. The molecule has 0 saturated heterocycles. The predicted molar refractivity (Wildman–Crippen MR) is 99.0 cm³/mol. The molecule has 0 atom stereocenters. The van der Waals surface area contributed by atoms with Gasteiger partial charge in [0.1, 0.15) is 0 Å². The van der Waals surface area contributed by atoms with Crippen molar-refractivity contribution in [3.8, 4) is 0 Å². The van der Waals surface area contributed by atoms with E-state index in [2.05, 4.69) is 21.2 Å². The molecule has 0 aromatic heterocycles. The van der Waals surface area contributed by atoms with Crippen molar-refractivity contribution in [1.29, 1.82) is 0 Å². The van der Waals surface area contributed by atoms with Crippen molar-refractivity contribution in [3.63, 3.8) is 0 Å². The number of nitrogens with zero attached hydrogens (tertiary/aromatic N) is 1. The van der Waals surface area contributed by atoms with Crippen molar-refractivity contribution >= 4 is 49.1 Å². The molecule has 0 spiro atoms. The quantitative estimate of drug-likeness (QED) is 0.683. The van der Waals surface area contributed by atoms with E-state index in [1.54, 1.807) is 0 Å². The summed E-state index contributed by atoms with van der Waals surface area (Å²) in [7, 11) is -2.74. The van der Waals surface area contributed by atoms with E-state index >= 15 is 0 Å². The number of hydrogen-bond donors (Lipinski definition) is 1. The van der Waals surface area contributed by atoms with Crippen molar-refractivity contribution in [2.45, 2.75) is 11.1 Å². The summed E-state index contributed by atoms with van der Waals surface area (Å²) in [4.78, 5) is 12.0. The molecule has 0 heterocycles. The first-order valence-electron chi connectivity index (χ1n) is 7.30. The van der Waals surface area contributed by atoms with Crippen molar-refractivity contribution in [2.24, 2.45) is 0 Å². The van der Waals surface area contributed by atoms with E-state index in [0.717, 1.165) is 10.4 Å². The number of halogens is 5. The molecule has 0 aliphatic carbocycles. The van der Waals surface area contributed by atoms with Gasteiger partial charge < -0.3 is 5.32 Å². The molecule has 0 aliphatic rings. The van der Waals surface area contributed by atoms with Crippen LogP contribution in [0.5, 0.6) is 0 Å². The highest BCUT2D eigenvalue weighted by molar-refractivity contribution is 9.10. The minimum atomic E-state index is -4.68. The number of carbonyl (C=O) groups is 1. The van der Waals surface area contributed by atoms with E-state index in [1.807, 2.05) is 0 Å². The minimum absolute atomic E-state index is 0.0214. The van der Waals surface area contributed by atoms with Crippen LogP contribution >= 0.6 is 27.5 Å². The number of hydrogen-bond acceptors (Lipinski definition) is 3. The first-order valence-corrected chi connectivity index (χ1v) is 9.91. The largest absolute Gasteiger partial charge is 0.417 e. The van der Waals surface area contributed by atoms with Crippen LogP contribution in [0.1, 0.15) is 5.56 Å². The second-order valence-electron chi connectivity index (χ2n) is 5.46. The van der Waals surface area contributed by atoms with Gasteiger partial charge in [-0.1, -0.05) is 27.5 Å². The summed E-state index contributed by atoms with van der Waals surface area (Å²) in [5.41, 5.74) is -1.25. The van der Waals surface area contributed by atoms with E-state index in [9.17, 15) is 26.4 Å². The van der Waals surface area contributed by atoms with Crippen LogP contribution in [0.15, 0.2) is 51.8 Å². The van der Waals surface area contributed by atoms with E-state index in [0.29, 0.717) is 10.5 Å². The summed E-state index contributed by atoms with van der Waals surface area (Å²) in [6.07, 6.45) is -4.68. The lowest BCUT2D eigenvalue weighted by Gasteiger charge is -2.17. The van der Waals surface area contributed by atoms with Gasteiger partial charge in [-0.15, -0.1) is 0 Å². The number of likely N-dealkylation sites (N-methyl/N-ethyl adjacent to an activating group) is 1. The lowest BCUT2D eigenvalue weighted by Crippen LogP contribution is -2.35. The Kier molecular flexibility index (Phi) is 6.56. The molecule has 0 unspecified atom stereocenters. The zero-order valence-electron chi connectivity index (χ0n) is 13.7. The van der Waals surface area contributed by atoms with Crippen molar-refractivity contribution in [3.05, 3.63) is 57.5 Å². The molecule has 0 bridgehead atoms. The Bertz CT molecular complexity index is 950. The fourth-order valence-corrected chi connectivity index (χ4v) is 3.71. The van der Waals surface area contributed by atoms with E-state index < -0.39 is 39.2 Å². The van der Waals surface area contributed by atoms with Crippen LogP contribution < -0.4 is 5.32 Å². The van der Waals surface area contributed by atoms with Crippen molar-refractivity contribution in [2.75, 3.05) is 18.9 Å². The zero-order chi connectivity index (χ0) is 20.4. The lowest BCUT2D eigenvalue weighted by molar-refractivity contribution is -0.137. The summed E-state index contributed by atoms with van der Waals surface area (Å²) < 4.78 is 64.9. The minimum Gasteiger partial charge on any atom is -0.325 e. The molecule has 0 radical (unpaired) electrons. The number of nitrogens with one attached hydrogen (secondary N) is 1. The Morgan fingerprint density at radius 1 is 1.19 bits per heavy atom. The van der Waals surface area contributed by atoms with Gasteiger partial charge in [-0.2, -0.15) is 17.5 Å². The van der Waals surface area contributed by atoms with Crippen molar-refractivity contribution < 1.29 is 26.4 Å². The molecular weight excluding hydrogens is 473 g/mol. The fourth-order valence-electron chi connectivity index (χ4n) is 2.09. The maximum atomic E-state index is 12.9. The monoisotopic (exact) mass is 484 g/mol. The Balaban J connectivity index is 2.12. The predicted octanol–water partition coefficient (Wildman–Crippen LogP) is 4.38. The molecule has 1 N–H and O–H groups in total. The zero-order valence-corrected chi connectivity index (χ0v) is 16.9. The number of benzene rings is 2. The van der Waals surface area contributed by atoms with Crippen LogP contribution in [0.4, 0.5) is 18.9 Å². The van der Waals surface area contributed by atoms with Gasteiger partial charge in [-0.3, -0.25) is 4.79 Å². The van der Waals surface area contributed by atoms with Gasteiger partial charge in [-0.05, 0) is 42.5 Å². The lowest BCUT2D eigenvalue weighted by atomic mass is 10.2. The first kappa shape index (κ1) is 21.7. The van der Waals surface area contributed by atoms with Gasteiger partial charge in [0.05, 0.1) is 22.0 Å². The number of rotatable bonds is 5. The van der Waals surface area contributed by atoms with Crippen LogP contribution in [-0.2, 0) is 21.0 Å². The highest BCUT2D eigenvalue weighted by atomic mass is 79.9. The molecule has 11 heteroatoms. The van der Waals surface area contributed by atoms with E-state index in [4.69, 9.17) is 11.6 Å². The summed E-state index contributed by atoms with van der Waals surface area (Å²) in [5, 5.41) is 1.73. The molecule has 27 heavy (non-hydrogen) atoms. The Morgan fingerprint density at radius 2 is 1.78 bits per heavy atom. The SMILES string of the molecule is CN(CC(=O)Nc1ccc(Cl)c(C(F)(F)F)c1)S(=O)(=O)c1ccc(Br)cc1. The second-order valence-corrected chi connectivity index (χ2v) is 8.82. The van der Waals surface area contributed by atoms with Crippen LogP contribution in [0, 0.1) is 0 Å². The number of amides is 1. The maximum Gasteiger partial charge on any atom is 0.417 e. The topological polar surface area (TPSA) is 66.5 Å². The van der Waals surface area contributed by atoms with Gasteiger partial charge in [0.25, 0.3) is 0 Å². The van der Waals surface area contributed by atoms with Crippen LogP contribution in [0.2, 0.25) is 5.02 Å². The van der Waals surface area contributed by atoms with E-state index in [-0.39, 0.29) is 10.6 Å². The highest BCUT2D eigenvalue weighted by Crippen LogP contribution is 2.36. The molecule has 2 aromatic carbocycles. The molecule has 2 rings (SSSR count).